The lowest BCUT2D eigenvalue weighted by Gasteiger charge is -2.23. The zero-order chi connectivity index (χ0) is 11.3. The van der Waals surface area contributed by atoms with E-state index in [1.54, 1.807) is 7.11 Å². The first kappa shape index (κ1) is 12.9. The lowest BCUT2D eigenvalue weighted by molar-refractivity contribution is 0.144. The Hall–Kier alpha value is -0.120. The van der Waals surface area contributed by atoms with Crippen molar-refractivity contribution in [3.8, 4) is 0 Å². The molecular formula is C12H26N2O. The Kier molecular flexibility index (Phi) is 5.58. The van der Waals surface area contributed by atoms with E-state index in [2.05, 4.69) is 31.1 Å². The Balaban J connectivity index is 2.21. The fraction of sp³-hybridized carbons (Fsp3) is 1.00. The van der Waals surface area contributed by atoms with Gasteiger partial charge in [0.2, 0.25) is 0 Å². The van der Waals surface area contributed by atoms with Crippen molar-refractivity contribution in [2.24, 2.45) is 11.8 Å². The highest BCUT2D eigenvalue weighted by atomic mass is 16.5. The first-order valence-electron chi connectivity index (χ1n) is 6.04. The zero-order valence-corrected chi connectivity index (χ0v) is 10.6. The molecule has 1 aliphatic heterocycles. The molecule has 0 aromatic heterocycles. The van der Waals surface area contributed by atoms with Gasteiger partial charge in [0, 0.05) is 19.7 Å². The summed E-state index contributed by atoms with van der Waals surface area (Å²) in [6.07, 6.45) is 1.33. The van der Waals surface area contributed by atoms with E-state index in [9.17, 15) is 0 Å². The lowest BCUT2D eigenvalue weighted by atomic mass is 10.0. The molecule has 3 heteroatoms. The van der Waals surface area contributed by atoms with Crippen molar-refractivity contribution in [2.45, 2.75) is 26.3 Å². The molecule has 0 spiro atoms. The number of nitrogens with one attached hydrogen (secondary N) is 1. The van der Waals surface area contributed by atoms with E-state index >= 15 is 0 Å². The molecule has 0 radical (unpaired) electrons. The topological polar surface area (TPSA) is 24.5 Å². The second kappa shape index (κ2) is 6.46. The summed E-state index contributed by atoms with van der Waals surface area (Å²) in [5, 5.41) is 3.63. The van der Waals surface area contributed by atoms with E-state index in [1.165, 1.54) is 19.5 Å². The Morgan fingerprint density at radius 3 is 2.67 bits per heavy atom. The number of hydrogen-bond donors (Lipinski definition) is 1. The average molecular weight is 214 g/mol. The van der Waals surface area contributed by atoms with Crippen molar-refractivity contribution in [1.82, 2.24) is 10.2 Å². The Morgan fingerprint density at radius 1 is 1.47 bits per heavy atom. The van der Waals surface area contributed by atoms with E-state index < -0.39 is 0 Å². The number of rotatable bonds is 6. The molecule has 1 aliphatic rings. The third-order valence-corrected chi connectivity index (χ3v) is 3.31. The molecule has 0 aromatic rings. The van der Waals surface area contributed by atoms with Gasteiger partial charge in [-0.15, -0.1) is 0 Å². The number of methoxy groups -OCH3 is 1. The van der Waals surface area contributed by atoms with Gasteiger partial charge in [-0.3, -0.25) is 0 Å². The number of likely N-dealkylation sites (tertiary alicyclic amines) is 1. The molecule has 3 nitrogen and oxygen atoms in total. The maximum Gasteiger partial charge on any atom is 0.0618 e. The summed E-state index contributed by atoms with van der Waals surface area (Å²) in [6, 6.07) is 0.501. The number of hydrogen-bond acceptors (Lipinski definition) is 3. The Bertz CT molecular complexity index is 173. The molecule has 0 aliphatic carbocycles. The summed E-state index contributed by atoms with van der Waals surface area (Å²) >= 11 is 0. The molecule has 1 rings (SSSR count). The fourth-order valence-electron chi connectivity index (χ4n) is 2.18. The highest BCUT2D eigenvalue weighted by Crippen LogP contribution is 2.13. The normalized spacial score (nSPS) is 25.0. The van der Waals surface area contributed by atoms with Crippen LogP contribution in [0.2, 0.25) is 0 Å². The highest BCUT2D eigenvalue weighted by molar-refractivity contribution is 4.78. The van der Waals surface area contributed by atoms with Crippen molar-refractivity contribution < 1.29 is 4.74 Å². The van der Waals surface area contributed by atoms with E-state index in [4.69, 9.17) is 4.74 Å². The van der Waals surface area contributed by atoms with Gasteiger partial charge in [-0.2, -0.15) is 0 Å². The van der Waals surface area contributed by atoms with Crippen LogP contribution in [0.1, 0.15) is 20.3 Å². The van der Waals surface area contributed by atoms with Crippen LogP contribution < -0.4 is 5.32 Å². The average Bonchev–Trinajstić information content (AvgIpc) is 2.58. The van der Waals surface area contributed by atoms with Crippen molar-refractivity contribution >= 4 is 0 Å². The van der Waals surface area contributed by atoms with E-state index in [0.29, 0.717) is 12.0 Å². The highest BCUT2D eigenvalue weighted by Gasteiger charge is 2.21. The molecule has 0 saturated carbocycles. The Morgan fingerprint density at radius 2 is 2.20 bits per heavy atom. The molecular weight excluding hydrogens is 188 g/mol. The summed E-state index contributed by atoms with van der Waals surface area (Å²) in [6.45, 7) is 8.94. The first-order valence-corrected chi connectivity index (χ1v) is 6.04. The molecule has 0 amide bonds. The van der Waals surface area contributed by atoms with Crippen LogP contribution in [0.5, 0.6) is 0 Å². The minimum atomic E-state index is 0.501. The molecule has 2 unspecified atom stereocenters. The quantitative estimate of drug-likeness (QED) is 0.719. The van der Waals surface area contributed by atoms with Gasteiger partial charge in [-0.25, -0.2) is 0 Å². The van der Waals surface area contributed by atoms with Gasteiger partial charge in [0.15, 0.2) is 0 Å². The summed E-state index contributed by atoms with van der Waals surface area (Å²) in [5.41, 5.74) is 0. The molecule has 1 fully saturated rings. The van der Waals surface area contributed by atoms with Crippen LogP contribution in [-0.2, 0) is 4.74 Å². The van der Waals surface area contributed by atoms with Gasteiger partial charge < -0.3 is 15.0 Å². The molecule has 0 aromatic carbocycles. The molecule has 2 atom stereocenters. The van der Waals surface area contributed by atoms with Crippen molar-refractivity contribution in [3.05, 3.63) is 0 Å². The summed E-state index contributed by atoms with van der Waals surface area (Å²) in [4.78, 5) is 2.41. The molecule has 1 heterocycles. The zero-order valence-electron chi connectivity index (χ0n) is 10.6. The molecule has 1 saturated heterocycles. The van der Waals surface area contributed by atoms with Crippen LogP contribution in [0.15, 0.2) is 0 Å². The van der Waals surface area contributed by atoms with Crippen LogP contribution in [0.4, 0.5) is 0 Å². The van der Waals surface area contributed by atoms with E-state index in [-0.39, 0.29) is 0 Å². The lowest BCUT2D eigenvalue weighted by Crippen LogP contribution is -2.40. The molecule has 0 bridgehead atoms. The van der Waals surface area contributed by atoms with E-state index in [0.717, 1.165) is 19.1 Å². The van der Waals surface area contributed by atoms with Gasteiger partial charge >= 0.3 is 0 Å². The van der Waals surface area contributed by atoms with Crippen LogP contribution in [0.3, 0.4) is 0 Å². The number of ether oxygens (including phenoxy) is 1. The SMILES string of the molecule is COCC(NCC1CCN(C)C1)C(C)C. The fourth-order valence-corrected chi connectivity index (χ4v) is 2.18. The monoisotopic (exact) mass is 214 g/mol. The number of nitrogens with zero attached hydrogens (tertiary/aromatic N) is 1. The molecule has 15 heavy (non-hydrogen) atoms. The van der Waals surface area contributed by atoms with Gasteiger partial charge in [0.1, 0.15) is 0 Å². The van der Waals surface area contributed by atoms with Gasteiger partial charge in [0.05, 0.1) is 6.61 Å². The summed E-state index contributed by atoms with van der Waals surface area (Å²) < 4.78 is 5.23. The third-order valence-electron chi connectivity index (χ3n) is 3.31. The second-order valence-corrected chi connectivity index (χ2v) is 5.13. The molecule has 90 valence electrons. The predicted molar refractivity (Wildman–Crippen MR) is 64.1 cm³/mol. The molecule has 1 N–H and O–H groups in total. The third kappa shape index (κ3) is 4.49. The minimum Gasteiger partial charge on any atom is -0.383 e. The van der Waals surface area contributed by atoms with Crippen molar-refractivity contribution in [3.63, 3.8) is 0 Å². The van der Waals surface area contributed by atoms with Gasteiger partial charge in [-0.1, -0.05) is 13.8 Å². The van der Waals surface area contributed by atoms with Crippen molar-refractivity contribution in [2.75, 3.05) is 40.4 Å². The minimum absolute atomic E-state index is 0.501. The van der Waals surface area contributed by atoms with Crippen LogP contribution in [0.25, 0.3) is 0 Å². The van der Waals surface area contributed by atoms with E-state index in [1.807, 2.05) is 0 Å². The maximum atomic E-state index is 5.23. The largest absolute Gasteiger partial charge is 0.383 e. The predicted octanol–water partition coefficient (Wildman–Crippen LogP) is 1.20. The van der Waals surface area contributed by atoms with Crippen LogP contribution in [0, 0.1) is 11.8 Å². The summed E-state index contributed by atoms with van der Waals surface area (Å²) in [5.74, 6) is 1.47. The first-order chi connectivity index (χ1) is 7.13. The van der Waals surface area contributed by atoms with Crippen LogP contribution >= 0.6 is 0 Å². The second-order valence-electron chi connectivity index (χ2n) is 5.13. The smallest absolute Gasteiger partial charge is 0.0618 e. The van der Waals surface area contributed by atoms with Gasteiger partial charge in [-0.05, 0) is 38.4 Å². The summed E-state index contributed by atoms with van der Waals surface area (Å²) in [7, 11) is 3.98. The van der Waals surface area contributed by atoms with Crippen molar-refractivity contribution in [1.29, 1.82) is 0 Å². The standard InChI is InChI=1S/C12H26N2O/c1-10(2)12(9-15-4)13-7-11-5-6-14(3)8-11/h10-13H,5-9H2,1-4H3. The van der Waals surface area contributed by atoms with Gasteiger partial charge in [0.25, 0.3) is 0 Å². The maximum absolute atomic E-state index is 5.23. The Labute approximate surface area is 94.2 Å². The van der Waals surface area contributed by atoms with Crippen LogP contribution in [-0.4, -0.2) is 51.3 Å².